The van der Waals surface area contributed by atoms with Crippen molar-refractivity contribution in [2.75, 3.05) is 18.0 Å². The summed E-state index contributed by atoms with van der Waals surface area (Å²) >= 11 is 0. The minimum atomic E-state index is -0.641. The number of aliphatic hydroxyl groups is 1. The SMILES string of the molecule is CC(C)CN(CC(C)C)c1ccc(C(C)O)c(O)c1. The minimum absolute atomic E-state index is 0.171. The molecular formula is C16H27NO2. The van der Waals surface area contributed by atoms with Crippen molar-refractivity contribution in [1.82, 2.24) is 0 Å². The van der Waals surface area contributed by atoms with Crippen LogP contribution in [0.1, 0.15) is 46.3 Å². The quantitative estimate of drug-likeness (QED) is 0.826. The predicted octanol–water partition coefficient (Wildman–Crippen LogP) is 3.56. The summed E-state index contributed by atoms with van der Waals surface area (Å²) in [7, 11) is 0. The van der Waals surface area contributed by atoms with E-state index >= 15 is 0 Å². The molecule has 0 radical (unpaired) electrons. The van der Waals surface area contributed by atoms with Crippen molar-refractivity contribution in [1.29, 1.82) is 0 Å². The first-order valence-electron chi connectivity index (χ1n) is 7.07. The van der Waals surface area contributed by atoms with Gasteiger partial charge in [0.25, 0.3) is 0 Å². The van der Waals surface area contributed by atoms with E-state index in [1.807, 2.05) is 12.1 Å². The van der Waals surface area contributed by atoms with Crippen LogP contribution in [0, 0.1) is 11.8 Å². The van der Waals surface area contributed by atoms with E-state index < -0.39 is 6.10 Å². The minimum Gasteiger partial charge on any atom is -0.507 e. The van der Waals surface area contributed by atoms with E-state index in [9.17, 15) is 10.2 Å². The van der Waals surface area contributed by atoms with Gasteiger partial charge in [0.1, 0.15) is 5.75 Å². The predicted molar refractivity (Wildman–Crippen MR) is 80.6 cm³/mol. The fraction of sp³-hybridized carbons (Fsp3) is 0.625. The summed E-state index contributed by atoms with van der Waals surface area (Å²) < 4.78 is 0. The number of aromatic hydroxyl groups is 1. The Morgan fingerprint density at radius 3 is 1.89 bits per heavy atom. The normalized spacial score (nSPS) is 13.1. The van der Waals surface area contributed by atoms with Gasteiger partial charge in [-0.1, -0.05) is 33.8 Å². The van der Waals surface area contributed by atoms with Crippen LogP contribution in [0.4, 0.5) is 5.69 Å². The number of benzene rings is 1. The van der Waals surface area contributed by atoms with Crippen LogP contribution in [0.5, 0.6) is 5.75 Å². The topological polar surface area (TPSA) is 43.7 Å². The van der Waals surface area contributed by atoms with Gasteiger partial charge < -0.3 is 15.1 Å². The van der Waals surface area contributed by atoms with Gasteiger partial charge in [-0.2, -0.15) is 0 Å². The summed E-state index contributed by atoms with van der Waals surface area (Å²) in [4.78, 5) is 2.29. The van der Waals surface area contributed by atoms with E-state index in [1.54, 1.807) is 13.0 Å². The molecule has 0 heterocycles. The number of hydrogen-bond acceptors (Lipinski definition) is 3. The molecule has 0 saturated heterocycles. The number of nitrogens with zero attached hydrogens (tertiary/aromatic N) is 1. The third-order valence-electron chi connectivity index (χ3n) is 3.00. The highest BCUT2D eigenvalue weighted by Gasteiger charge is 2.14. The number of rotatable bonds is 6. The van der Waals surface area contributed by atoms with Crippen LogP contribution in [-0.2, 0) is 0 Å². The van der Waals surface area contributed by atoms with Gasteiger partial charge >= 0.3 is 0 Å². The second-order valence-electron chi connectivity index (χ2n) is 6.11. The molecule has 1 aromatic carbocycles. The molecule has 0 aliphatic rings. The van der Waals surface area contributed by atoms with Crippen LogP contribution < -0.4 is 4.90 Å². The molecule has 0 spiro atoms. The summed E-state index contributed by atoms with van der Waals surface area (Å²) in [5.74, 6) is 1.31. The second-order valence-corrected chi connectivity index (χ2v) is 6.11. The third kappa shape index (κ3) is 4.75. The zero-order valence-corrected chi connectivity index (χ0v) is 12.7. The Hall–Kier alpha value is -1.22. The Kier molecular flexibility index (Phi) is 5.67. The third-order valence-corrected chi connectivity index (χ3v) is 3.00. The number of hydrogen-bond donors (Lipinski definition) is 2. The Labute approximate surface area is 116 Å². The average Bonchev–Trinajstić information content (AvgIpc) is 2.26. The van der Waals surface area contributed by atoms with Crippen LogP contribution in [0.25, 0.3) is 0 Å². The molecule has 0 bridgehead atoms. The molecule has 0 saturated carbocycles. The molecule has 3 heteroatoms. The number of phenols is 1. The molecule has 0 fully saturated rings. The van der Waals surface area contributed by atoms with Gasteiger partial charge in [-0.15, -0.1) is 0 Å². The van der Waals surface area contributed by atoms with E-state index in [2.05, 4.69) is 32.6 Å². The summed E-state index contributed by atoms with van der Waals surface area (Å²) in [5.41, 5.74) is 1.60. The maximum absolute atomic E-state index is 9.99. The first kappa shape index (κ1) is 15.8. The molecule has 0 aromatic heterocycles. The van der Waals surface area contributed by atoms with Gasteiger partial charge in [0.05, 0.1) is 6.10 Å². The lowest BCUT2D eigenvalue weighted by atomic mass is 10.1. The van der Waals surface area contributed by atoms with Crippen molar-refractivity contribution in [2.24, 2.45) is 11.8 Å². The molecule has 1 atom stereocenters. The maximum Gasteiger partial charge on any atom is 0.123 e. The van der Waals surface area contributed by atoms with E-state index in [0.717, 1.165) is 18.8 Å². The van der Waals surface area contributed by atoms with E-state index in [4.69, 9.17) is 0 Å². The van der Waals surface area contributed by atoms with Gasteiger partial charge in [-0.25, -0.2) is 0 Å². The van der Waals surface area contributed by atoms with Crippen molar-refractivity contribution in [3.05, 3.63) is 23.8 Å². The van der Waals surface area contributed by atoms with Gasteiger partial charge in [0, 0.05) is 30.4 Å². The summed E-state index contributed by atoms with van der Waals surface area (Å²) in [6, 6.07) is 5.54. The lowest BCUT2D eigenvalue weighted by Gasteiger charge is -2.29. The fourth-order valence-electron chi connectivity index (χ4n) is 2.25. The molecule has 0 amide bonds. The van der Waals surface area contributed by atoms with E-state index in [1.165, 1.54) is 0 Å². The van der Waals surface area contributed by atoms with Crippen LogP contribution in [0.15, 0.2) is 18.2 Å². The zero-order valence-electron chi connectivity index (χ0n) is 12.7. The summed E-state index contributed by atoms with van der Waals surface area (Å²) in [5, 5.41) is 19.5. The zero-order chi connectivity index (χ0) is 14.6. The lowest BCUT2D eigenvalue weighted by molar-refractivity contribution is 0.195. The molecule has 0 aliphatic carbocycles. The highest BCUT2D eigenvalue weighted by Crippen LogP contribution is 2.29. The lowest BCUT2D eigenvalue weighted by Crippen LogP contribution is -2.31. The molecule has 1 rings (SSSR count). The highest BCUT2D eigenvalue weighted by atomic mass is 16.3. The van der Waals surface area contributed by atoms with Gasteiger partial charge in [0.2, 0.25) is 0 Å². The summed E-state index contributed by atoms with van der Waals surface area (Å²) in [6.07, 6.45) is -0.641. The Balaban J connectivity index is 2.98. The molecule has 1 unspecified atom stereocenters. The Morgan fingerprint density at radius 1 is 1.00 bits per heavy atom. The second kappa shape index (κ2) is 6.80. The van der Waals surface area contributed by atoms with Crippen LogP contribution in [-0.4, -0.2) is 23.3 Å². The molecule has 3 nitrogen and oxygen atoms in total. The maximum atomic E-state index is 9.99. The van der Waals surface area contributed by atoms with Crippen molar-refractivity contribution in [2.45, 2.75) is 40.7 Å². The van der Waals surface area contributed by atoms with Crippen LogP contribution >= 0.6 is 0 Å². The standard InChI is InChI=1S/C16H27NO2/c1-11(2)9-17(10-12(3)4)14-6-7-15(13(5)18)16(19)8-14/h6-8,11-13,18-19H,9-10H2,1-5H3. The molecule has 108 valence electrons. The Bertz CT molecular complexity index is 390. The monoisotopic (exact) mass is 265 g/mol. The van der Waals surface area contributed by atoms with Crippen LogP contribution in [0.2, 0.25) is 0 Å². The van der Waals surface area contributed by atoms with E-state index in [-0.39, 0.29) is 5.75 Å². The molecular weight excluding hydrogens is 238 g/mol. The highest BCUT2D eigenvalue weighted by molar-refractivity contribution is 5.54. The molecule has 1 aromatic rings. The first-order chi connectivity index (χ1) is 8.81. The van der Waals surface area contributed by atoms with E-state index in [0.29, 0.717) is 17.4 Å². The summed E-state index contributed by atoms with van der Waals surface area (Å²) in [6.45, 7) is 12.4. The fourth-order valence-corrected chi connectivity index (χ4v) is 2.25. The molecule has 2 N–H and O–H groups in total. The van der Waals surface area contributed by atoms with Crippen molar-refractivity contribution < 1.29 is 10.2 Å². The number of aliphatic hydroxyl groups excluding tert-OH is 1. The van der Waals surface area contributed by atoms with Gasteiger partial charge in [-0.05, 0) is 24.8 Å². The molecule has 19 heavy (non-hydrogen) atoms. The Morgan fingerprint density at radius 2 is 1.53 bits per heavy atom. The van der Waals surface area contributed by atoms with Gasteiger partial charge in [0.15, 0.2) is 0 Å². The molecule has 0 aliphatic heterocycles. The largest absolute Gasteiger partial charge is 0.507 e. The van der Waals surface area contributed by atoms with Crippen molar-refractivity contribution >= 4 is 5.69 Å². The van der Waals surface area contributed by atoms with Crippen molar-refractivity contribution in [3.8, 4) is 5.75 Å². The first-order valence-corrected chi connectivity index (χ1v) is 7.07. The smallest absolute Gasteiger partial charge is 0.123 e. The number of anilines is 1. The van der Waals surface area contributed by atoms with Gasteiger partial charge in [-0.3, -0.25) is 0 Å². The van der Waals surface area contributed by atoms with Crippen molar-refractivity contribution in [3.63, 3.8) is 0 Å². The average molecular weight is 265 g/mol. The van der Waals surface area contributed by atoms with Crippen LogP contribution in [0.3, 0.4) is 0 Å². The number of phenolic OH excluding ortho intramolecular Hbond substituents is 1.